The van der Waals surface area contributed by atoms with E-state index < -0.39 is 5.41 Å². The van der Waals surface area contributed by atoms with Crippen LogP contribution in [0.5, 0.6) is 0 Å². The molecule has 1 aromatic carbocycles. The topological polar surface area (TPSA) is 132 Å². The molecule has 10 nitrogen and oxygen atoms in total. The molecule has 0 saturated carbocycles. The summed E-state index contributed by atoms with van der Waals surface area (Å²) in [5, 5.41) is 30.6. The molecule has 0 aliphatic carbocycles. The number of carbonyl (C=O) groups is 1. The molecule has 0 bridgehead atoms. The van der Waals surface area contributed by atoms with Gasteiger partial charge in [-0.15, -0.1) is 0 Å². The molecule has 4 heterocycles. The second-order valence-electron chi connectivity index (χ2n) is 9.44. The summed E-state index contributed by atoms with van der Waals surface area (Å²) in [4.78, 5) is 23.5. The molecular formula is C25H28N8O2. The van der Waals surface area contributed by atoms with E-state index in [1.54, 1.807) is 23.0 Å². The number of nitriles is 1. The fourth-order valence-electron chi connectivity index (χ4n) is 4.72. The minimum absolute atomic E-state index is 0.0304. The molecule has 1 amide bonds. The predicted molar refractivity (Wildman–Crippen MR) is 131 cm³/mol. The van der Waals surface area contributed by atoms with Gasteiger partial charge in [0.25, 0.3) is 0 Å². The number of carbonyl (C=O) groups excluding carboxylic acids is 1. The van der Waals surface area contributed by atoms with E-state index >= 15 is 0 Å². The maximum Gasteiger partial charge on any atom is 0.244 e. The van der Waals surface area contributed by atoms with Crippen LogP contribution in [0.3, 0.4) is 0 Å². The van der Waals surface area contributed by atoms with E-state index in [0.717, 1.165) is 48.4 Å². The molecule has 180 valence electrons. The average Bonchev–Trinajstić information content (AvgIpc) is 3.59. The van der Waals surface area contributed by atoms with Crippen molar-refractivity contribution in [1.29, 1.82) is 5.26 Å². The van der Waals surface area contributed by atoms with Gasteiger partial charge in [-0.2, -0.15) is 10.4 Å². The quantitative estimate of drug-likeness (QED) is 0.499. The summed E-state index contributed by atoms with van der Waals surface area (Å²) in [5.74, 6) is 1.04. The van der Waals surface area contributed by atoms with E-state index in [-0.39, 0.29) is 19.1 Å². The van der Waals surface area contributed by atoms with Gasteiger partial charge in [-0.25, -0.2) is 14.6 Å². The van der Waals surface area contributed by atoms with E-state index in [1.807, 2.05) is 30.9 Å². The van der Waals surface area contributed by atoms with Crippen molar-refractivity contribution in [2.75, 3.05) is 36.9 Å². The van der Waals surface area contributed by atoms with Crippen molar-refractivity contribution >= 4 is 23.4 Å². The number of hydrogen-bond acceptors (Lipinski definition) is 8. The van der Waals surface area contributed by atoms with Crippen LogP contribution in [0.4, 0.5) is 17.5 Å². The highest BCUT2D eigenvalue weighted by atomic mass is 16.3. The number of hydrogen-bond donors (Lipinski definition) is 3. The van der Waals surface area contributed by atoms with Crippen LogP contribution in [-0.2, 0) is 16.8 Å². The first-order valence-electron chi connectivity index (χ1n) is 11.8. The van der Waals surface area contributed by atoms with Gasteiger partial charge < -0.3 is 20.6 Å². The zero-order valence-corrected chi connectivity index (χ0v) is 19.9. The van der Waals surface area contributed by atoms with Gasteiger partial charge in [-0.05, 0) is 43.5 Å². The molecule has 1 atom stereocenters. The van der Waals surface area contributed by atoms with Crippen LogP contribution in [0, 0.1) is 18.3 Å². The highest BCUT2D eigenvalue weighted by molar-refractivity contribution is 5.77. The molecule has 3 aromatic rings. The zero-order valence-electron chi connectivity index (χ0n) is 19.9. The van der Waals surface area contributed by atoms with Crippen molar-refractivity contribution in [2.45, 2.75) is 38.6 Å². The molecule has 2 aliphatic heterocycles. The maximum absolute atomic E-state index is 12.7. The number of rotatable bonds is 6. The summed E-state index contributed by atoms with van der Waals surface area (Å²) in [6.45, 7) is 6.12. The number of aryl methyl sites for hydroxylation is 1. The molecule has 10 heteroatoms. The number of benzene rings is 1. The Morgan fingerprint density at radius 3 is 2.86 bits per heavy atom. The number of aliphatic hydroxyl groups excluding tert-OH is 1. The predicted octanol–water partition coefficient (Wildman–Crippen LogP) is 2.56. The summed E-state index contributed by atoms with van der Waals surface area (Å²) in [5.41, 5.74) is 3.89. The lowest BCUT2D eigenvalue weighted by Gasteiger charge is -2.21. The standard InChI is InChI=1S/C25H28N8O2/c1-16-9-21(33(31-16)13-22(35)32-7-3-4-8-32)30-24-27-6-5-20(29-24)17-10-18(12-26)23-19(11-17)25(2,15-34)14-28-23/h5-6,9-11,28,34H,3-4,7-8,13-15H2,1-2H3,(H,27,29,30)/t25-/m1/s1. The van der Waals surface area contributed by atoms with Crippen molar-refractivity contribution < 1.29 is 9.90 Å². The second kappa shape index (κ2) is 9.00. The van der Waals surface area contributed by atoms with Gasteiger partial charge in [0.15, 0.2) is 0 Å². The van der Waals surface area contributed by atoms with Crippen LogP contribution < -0.4 is 10.6 Å². The molecule has 35 heavy (non-hydrogen) atoms. The lowest BCUT2D eigenvalue weighted by atomic mass is 9.83. The van der Waals surface area contributed by atoms with Crippen LogP contribution in [0.2, 0.25) is 0 Å². The average molecular weight is 473 g/mol. The SMILES string of the molecule is Cc1cc(Nc2nccc(-c3cc(C#N)c4c(c3)[C@@](C)(CO)CN4)n2)n(CC(=O)N2CCCC2)n1. The largest absolute Gasteiger partial charge is 0.395 e. The van der Waals surface area contributed by atoms with Gasteiger partial charge in [-0.1, -0.05) is 6.92 Å². The number of nitrogens with zero attached hydrogens (tertiary/aromatic N) is 6. The smallest absolute Gasteiger partial charge is 0.244 e. The van der Waals surface area contributed by atoms with Gasteiger partial charge in [0.05, 0.1) is 29.2 Å². The Hall–Kier alpha value is -3.97. The summed E-state index contributed by atoms with van der Waals surface area (Å²) in [6, 6.07) is 9.66. The molecule has 0 spiro atoms. The first-order valence-corrected chi connectivity index (χ1v) is 11.8. The molecule has 5 rings (SSSR count). The Bertz CT molecular complexity index is 1320. The van der Waals surface area contributed by atoms with Crippen LogP contribution in [0.25, 0.3) is 11.3 Å². The Labute approximate surface area is 203 Å². The van der Waals surface area contributed by atoms with Gasteiger partial charge in [0.2, 0.25) is 11.9 Å². The fraction of sp³-hybridized carbons (Fsp3) is 0.400. The van der Waals surface area contributed by atoms with Crippen LogP contribution in [-0.4, -0.2) is 61.9 Å². The molecule has 0 radical (unpaired) electrons. The monoisotopic (exact) mass is 472 g/mol. The number of nitrogens with one attached hydrogen (secondary N) is 2. The van der Waals surface area contributed by atoms with Crippen molar-refractivity contribution in [3.05, 3.63) is 47.3 Å². The Kier molecular flexibility index (Phi) is 5.86. The molecule has 1 fully saturated rings. The van der Waals surface area contributed by atoms with Gasteiger partial charge in [0.1, 0.15) is 18.4 Å². The Balaban J connectivity index is 1.43. The lowest BCUT2D eigenvalue weighted by molar-refractivity contribution is -0.130. The second-order valence-corrected chi connectivity index (χ2v) is 9.44. The highest BCUT2D eigenvalue weighted by Crippen LogP contribution is 2.41. The van der Waals surface area contributed by atoms with Gasteiger partial charge in [-0.3, -0.25) is 4.79 Å². The summed E-state index contributed by atoms with van der Waals surface area (Å²) in [7, 11) is 0. The number of aromatic nitrogens is 4. The zero-order chi connectivity index (χ0) is 24.6. The fourth-order valence-corrected chi connectivity index (χ4v) is 4.72. The van der Waals surface area contributed by atoms with Gasteiger partial charge in [0, 0.05) is 42.9 Å². The third-order valence-corrected chi connectivity index (χ3v) is 6.75. The van der Waals surface area contributed by atoms with E-state index in [0.29, 0.717) is 29.6 Å². The molecule has 1 saturated heterocycles. The molecular weight excluding hydrogens is 444 g/mol. The number of amides is 1. The molecule has 0 unspecified atom stereocenters. The first-order chi connectivity index (χ1) is 16.9. The van der Waals surface area contributed by atoms with Crippen LogP contribution in [0.1, 0.15) is 36.6 Å². The third kappa shape index (κ3) is 4.31. The number of fused-ring (bicyclic) bond motifs is 1. The van der Waals surface area contributed by atoms with Crippen molar-refractivity contribution in [3.8, 4) is 17.3 Å². The highest BCUT2D eigenvalue weighted by Gasteiger charge is 2.36. The van der Waals surface area contributed by atoms with Crippen molar-refractivity contribution in [2.24, 2.45) is 0 Å². The number of aliphatic hydroxyl groups is 1. The van der Waals surface area contributed by atoms with Crippen molar-refractivity contribution in [1.82, 2.24) is 24.6 Å². The van der Waals surface area contributed by atoms with Gasteiger partial charge >= 0.3 is 0 Å². The maximum atomic E-state index is 12.7. The lowest BCUT2D eigenvalue weighted by Crippen LogP contribution is -2.31. The Morgan fingerprint density at radius 2 is 2.11 bits per heavy atom. The van der Waals surface area contributed by atoms with E-state index in [4.69, 9.17) is 0 Å². The normalized spacial score (nSPS) is 18.7. The summed E-state index contributed by atoms with van der Waals surface area (Å²) in [6.07, 6.45) is 3.73. The molecule has 2 aromatic heterocycles. The van der Waals surface area contributed by atoms with E-state index in [1.165, 1.54) is 0 Å². The number of likely N-dealkylation sites (tertiary alicyclic amines) is 1. The minimum Gasteiger partial charge on any atom is -0.395 e. The van der Waals surface area contributed by atoms with E-state index in [9.17, 15) is 15.2 Å². The first kappa shape index (κ1) is 22.8. The summed E-state index contributed by atoms with van der Waals surface area (Å²) < 4.78 is 1.65. The Morgan fingerprint density at radius 1 is 1.31 bits per heavy atom. The molecule has 3 N–H and O–H groups in total. The van der Waals surface area contributed by atoms with Crippen LogP contribution >= 0.6 is 0 Å². The van der Waals surface area contributed by atoms with E-state index in [2.05, 4.69) is 31.8 Å². The van der Waals surface area contributed by atoms with Crippen LogP contribution in [0.15, 0.2) is 30.5 Å². The molecule has 2 aliphatic rings. The summed E-state index contributed by atoms with van der Waals surface area (Å²) >= 11 is 0. The number of anilines is 3. The minimum atomic E-state index is -0.475. The third-order valence-electron chi connectivity index (χ3n) is 6.75. The van der Waals surface area contributed by atoms with Crippen molar-refractivity contribution in [3.63, 3.8) is 0 Å².